The van der Waals surface area contributed by atoms with E-state index >= 15 is 0 Å². The van der Waals surface area contributed by atoms with E-state index in [0.29, 0.717) is 30.2 Å². The van der Waals surface area contributed by atoms with E-state index in [-0.39, 0.29) is 0 Å². The molecule has 4 nitrogen and oxygen atoms in total. The van der Waals surface area contributed by atoms with Crippen LogP contribution in [0.25, 0.3) is 0 Å². The SMILES string of the molecule is NCCCN(C(N)=O)c1cccc(Cl)c1. The summed E-state index contributed by atoms with van der Waals surface area (Å²) < 4.78 is 0. The highest BCUT2D eigenvalue weighted by Gasteiger charge is 2.11. The lowest BCUT2D eigenvalue weighted by Crippen LogP contribution is -2.37. The van der Waals surface area contributed by atoms with Crippen molar-refractivity contribution >= 4 is 23.3 Å². The molecule has 0 bridgehead atoms. The highest BCUT2D eigenvalue weighted by Crippen LogP contribution is 2.19. The minimum Gasteiger partial charge on any atom is -0.351 e. The molecular formula is C10H14ClN3O. The van der Waals surface area contributed by atoms with Crippen molar-refractivity contribution in [3.8, 4) is 0 Å². The van der Waals surface area contributed by atoms with Crippen molar-refractivity contribution in [1.29, 1.82) is 0 Å². The van der Waals surface area contributed by atoms with Crippen LogP contribution in [0.1, 0.15) is 6.42 Å². The van der Waals surface area contributed by atoms with Crippen molar-refractivity contribution in [2.75, 3.05) is 18.0 Å². The van der Waals surface area contributed by atoms with Gasteiger partial charge in [0.05, 0.1) is 0 Å². The summed E-state index contributed by atoms with van der Waals surface area (Å²) in [7, 11) is 0. The Morgan fingerprint density at radius 1 is 1.47 bits per heavy atom. The van der Waals surface area contributed by atoms with Gasteiger partial charge in [0, 0.05) is 17.3 Å². The fourth-order valence-electron chi connectivity index (χ4n) is 1.26. The van der Waals surface area contributed by atoms with Crippen molar-refractivity contribution in [1.82, 2.24) is 0 Å². The molecule has 82 valence electrons. The van der Waals surface area contributed by atoms with Crippen LogP contribution in [0.4, 0.5) is 10.5 Å². The highest BCUT2D eigenvalue weighted by atomic mass is 35.5. The number of benzene rings is 1. The van der Waals surface area contributed by atoms with Gasteiger partial charge in [0.15, 0.2) is 0 Å². The van der Waals surface area contributed by atoms with Gasteiger partial charge in [0.1, 0.15) is 0 Å². The predicted molar refractivity (Wildman–Crippen MR) is 62.1 cm³/mol. The molecule has 0 atom stereocenters. The Kier molecular flexibility index (Phi) is 4.39. The van der Waals surface area contributed by atoms with Crippen molar-refractivity contribution in [3.05, 3.63) is 29.3 Å². The van der Waals surface area contributed by atoms with Gasteiger partial charge in [-0.25, -0.2) is 4.79 Å². The summed E-state index contributed by atoms with van der Waals surface area (Å²) in [6.45, 7) is 1.02. The smallest absolute Gasteiger partial charge is 0.319 e. The molecular weight excluding hydrogens is 214 g/mol. The standard InChI is InChI=1S/C10H14ClN3O/c11-8-3-1-4-9(7-8)14(10(13)15)6-2-5-12/h1,3-4,7H,2,5-6,12H2,(H2,13,15). The Labute approximate surface area is 93.8 Å². The molecule has 5 heteroatoms. The molecule has 0 saturated heterocycles. The lowest BCUT2D eigenvalue weighted by molar-refractivity contribution is 0.254. The lowest BCUT2D eigenvalue weighted by Gasteiger charge is -2.20. The number of amides is 2. The third-order valence-electron chi connectivity index (χ3n) is 1.97. The molecule has 0 radical (unpaired) electrons. The first-order valence-corrected chi connectivity index (χ1v) is 5.05. The molecule has 0 aliphatic carbocycles. The van der Waals surface area contributed by atoms with Crippen LogP contribution in [0, 0.1) is 0 Å². The van der Waals surface area contributed by atoms with Gasteiger partial charge in [-0.2, -0.15) is 0 Å². The van der Waals surface area contributed by atoms with E-state index in [0.717, 1.165) is 0 Å². The number of hydrogen-bond acceptors (Lipinski definition) is 2. The van der Waals surface area contributed by atoms with Gasteiger partial charge in [-0.15, -0.1) is 0 Å². The molecule has 2 amide bonds. The molecule has 1 aromatic rings. The van der Waals surface area contributed by atoms with Crippen LogP contribution in [0.3, 0.4) is 0 Å². The summed E-state index contributed by atoms with van der Waals surface area (Å²) >= 11 is 5.82. The van der Waals surface area contributed by atoms with E-state index in [1.807, 2.05) is 0 Å². The number of carbonyl (C=O) groups excluding carboxylic acids is 1. The third-order valence-corrected chi connectivity index (χ3v) is 2.21. The molecule has 0 heterocycles. The second-order valence-electron chi connectivity index (χ2n) is 3.11. The van der Waals surface area contributed by atoms with Gasteiger partial charge in [0.25, 0.3) is 0 Å². The molecule has 4 N–H and O–H groups in total. The third kappa shape index (κ3) is 3.42. The van der Waals surface area contributed by atoms with Crippen LogP contribution in [0.15, 0.2) is 24.3 Å². The van der Waals surface area contributed by atoms with Gasteiger partial charge >= 0.3 is 6.03 Å². The first-order chi connectivity index (χ1) is 7.15. The van der Waals surface area contributed by atoms with Crippen LogP contribution < -0.4 is 16.4 Å². The average molecular weight is 228 g/mol. The van der Waals surface area contributed by atoms with Gasteiger partial charge in [-0.1, -0.05) is 17.7 Å². The Morgan fingerprint density at radius 2 is 2.20 bits per heavy atom. The first-order valence-electron chi connectivity index (χ1n) is 4.67. The zero-order valence-electron chi connectivity index (χ0n) is 8.32. The molecule has 0 aromatic heterocycles. The number of carbonyl (C=O) groups is 1. The molecule has 0 saturated carbocycles. The Bertz CT molecular complexity index is 343. The predicted octanol–water partition coefficient (Wildman–Crippen LogP) is 1.57. The van der Waals surface area contributed by atoms with E-state index < -0.39 is 6.03 Å². The van der Waals surface area contributed by atoms with E-state index in [9.17, 15) is 4.79 Å². The Morgan fingerprint density at radius 3 is 2.73 bits per heavy atom. The van der Waals surface area contributed by atoms with Gasteiger partial charge in [0.2, 0.25) is 0 Å². The summed E-state index contributed by atoms with van der Waals surface area (Å²) in [6.07, 6.45) is 0.704. The number of nitrogens with two attached hydrogens (primary N) is 2. The van der Waals surface area contributed by atoms with Crippen LogP contribution >= 0.6 is 11.6 Å². The number of nitrogens with zero attached hydrogens (tertiary/aromatic N) is 1. The van der Waals surface area contributed by atoms with Crippen LogP contribution in [0.2, 0.25) is 5.02 Å². The summed E-state index contributed by atoms with van der Waals surface area (Å²) in [5, 5.41) is 0.575. The van der Waals surface area contributed by atoms with Crippen molar-refractivity contribution < 1.29 is 4.79 Å². The maximum Gasteiger partial charge on any atom is 0.319 e. The average Bonchev–Trinajstić information content (AvgIpc) is 2.18. The Balaban J connectivity index is 2.84. The molecule has 0 spiro atoms. The second kappa shape index (κ2) is 5.58. The highest BCUT2D eigenvalue weighted by molar-refractivity contribution is 6.30. The number of halogens is 1. The topological polar surface area (TPSA) is 72.3 Å². The van der Waals surface area contributed by atoms with Crippen molar-refractivity contribution in [2.24, 2.45) is 11.5 Å². The van der Waals surface area contributed by atoms with Crippen LogP contribution in [0.5, 0.6) is 0 Å². The summed E-state index contributed by atoms with van der Waals surface area (Å²) in [4.78, 5) is 12.6. The van der Waals surface area contributed by atoms with E-state index in [4.69, 9.17) is 23.1 Å². The molecule has 0 aliphatic heterocycles. The summed E-state index contributed by atoms with van der Waals surface area (Å²) in [6, 6.07) is 6.50. The number of primary amides is 1. The van der Waals surface area contributed by atoms with Crippen LogP contribution in [-0.2, 0) is 0 Å². The number of rotatable bonds is 4. The molecule has 1 rings (SSSR count). The molecule has 1 aromatic carbocycles. The first kappa shape index (κ1) is 11.8. The molecule has 0 fully saturated rings. The van der Waals surface area contributed by atoms with Crippen molar-refractivity contribution in [2.45, 2.75) is 6.42 Å². The fourth-order valence-corrected chi connectivity index (χ4v) is 1.44. The minimum absolute atomic E-state index is 0.495. The number of anilines is 1. The zero-order valence-corrected chi connectivity index (χ0v) is 9.07. The quantitative estimate of drug-likeness (QED) is 0.820. The van der Waals surface area contributed by atoms with Gasteiger partial charge in [-0.3, -0.25) is 4.90 Å². The van der Waals surface area contributed by atoms with Crippen molar-refractivity contribution in [3.63, 3.8) is 0 Å². The minimum atomic E-state index is -0.495. The van der Waals surface area contributed by atoms with E-state index in [2.05, 4.69) is 0 Å². The van der Waals surface area contributed by atoms with Gasteiger partial charge in [-0.05, 0) is 31.2 Å². The zero-order chi connectivity index (χ0) is 11.3. The van der Waals surface area contributed by atoms with Gasteiger partial charge < -0.3 is 11.5 Å². The Hall–Kier alpha value is -1.26. The second-order valence-corrected chi connectivity index (χ2v) is 3.55. The molecule has 0 aliphatic rings. The summed E-state index contributed by atoms with van der Waals surface area (Å²) in [5.74, 6) is 0. The maximum absolute atomic E-state index is 11.2. The normalized spacial score (nSPS) is 10.0. The lowest BCUT2D eigenvalue weighted by atomic mass is 10.2. The largest absolute Gasteiger partial charge is 0.351 e. The van der Waals surface area contributed by atoms with E-state index in [1.54, 1.807) is 24.3 Å². The van der Waals surface area contributed by atoms with E-state index in [1.165, 1.54) is 4.90 Å². The fraction of sp³-hybridized carbons (Fsp3) is 0.300. The maximum atomic E-state index is 11.2. The number of hydrogen-bond donors (Lipinski definition) is 2. The van der Waals surface area contributed by atoms with Crippen LogP contribution in [-0.4, -0.2) is 19.1 Å². The monoisotopic (exact) mass is 227 g/mol. The molecule has 0 unspecified atom stereocenters. The number of urea groups is 1. The molecule has 15 heavy (non-hydrogen) atoms. The summed E-state index contributed by atoms with van der Waals surface area (Å²) in [5.41, 5.74) is 11.3.